The van der Waals surface area contributed by atoms with Crippen molar-refractivity contribution in [3.8, 4) is 0 Å². The number of hydrogen-bond donors (Lipinski definition) is 2. The number of halogens is 1. The van der Waals surface area contributed by atoms with Gasteiger partial charge in [0.05, 0.1) is 6.33 Å². The summed E-state index contributed by atoms with van der Waals surface area (Å²) in [6.45, 7) is 0.722. The smallest absolute Gasteiger partial charge is 0.165 e. The quantitative estimate of drug-likeness (QED) is 0.881. The summed E-state index contributed by atoms with van der Waals surface area (Å²) in [4.78, 5) is 14.0. The maximum absolute atomic E-state index is 8.92. The first-order valence-electron chi connectivity index (χ1n) is 5.06. The Balaban J connectivity index is 2.34. The molecule has 90 valence electrons. The zero-order chi connectivity index (χ0) is 12.3. The first-order valence-corrected chi connectivity index (χ1v) is 5.98. The average molecular weight is 298 g/mol. The minimum atomic E-state index is 0.112. The molecule has 0 amide bonds. The van der Waals surface area contributed by atoms with Crippen LogP contribution in [0.1, 0.15) is 6.42 Å². The van der Waals surface area contributed by atoms with E-state index < -0.39 is 0 Å². The molecule has 3 N–H and O–H groups in total. The summed E-state index contributed by atoms with van der Waals surface area (Å²) >= 11 is 3.28. The van der Waals surface area contributed by atoms with Gasteiger partial charge in [-0.05, 0) is 17.0 Å². The molecule has 0 saturated carbocycles. The molecule has 0 radical (unpaired) electrons. The fourth-order valence-corrected chi connectivity index (χ4v) is 1.92. The van der Waals surface area contributed by atoms with E-state index in [-0.39, 0.29) is 6.61 Å². The number of fused-ring (bicyclic) bond motifs is 1. The fraction of sp³-hybridized carbons (Fsp3) is 0.300. The van der Waals surface area contributed by atoms with Crippen molar-refractivity contribution in [3.63, 3.8) is 0 Å². The zero-order valence-corrected chi connectivity index (χ0v) is 10.6. The maximum Gasteiger partial charge on any atom is 0.165 e. The van der Waals surface area contributed by atoms with E-state index in [1.807, 2.05) is 4.57 Å². The molecule has 2 aromatic heterocycles. The topological polar surface area (TPSA) is 89.9 Å². The number of hydrogen-bond acceptors (Lipinski definition) is 5. The molecule has 2 rings (SSSR count). The first kappa shape index (κ1) is 12.0. The van der Waals surface area contributed by atoms with Crippen molar-refractivity contribution < 1.29 is 5.11 Å². The largest absolute Gasteiger partial charge is 0.396 e. The van der Waals surface area contributed by atoms with Crippen molar-refractivity contribution in [2.45, 2.75) is 13.0 Å². The van der Waals surface area contributed by atoms with E-state index in [1.165, 1.54) is 6.33 Å². The van der Waals surface area contributed by atoms with Crippen LogP contribution in [0.2, 0.25) is 0 Å². The Morgan fingerprint density at radius 3 is 3.00 bits per heavy atom. The van der Waals surface area contributed by atoms with E-state index in [0.717, 1.165) is 5.57 Å². The highest BCUT2D eigenvalue weighted by atomic mass is 79.9. The number of anilines is 1. The molecule has 2 aromatic rings. The van der Waals surface area contributed by atoms with Gasteiger partial charge in [-0.1, -0.05) is 15.9 Å². The van der Waals surface area contributed by atoms with E-state index in [2.05, 4.69) is 30.9 Å². The van der Waals surface area contributed by atoms with Crippen LogP contribution >= 0.6 is 15.9 Å². The molecule has 2 heterocycles. The number of aliphatic hydroxyl groups is 1. The number of aromatic nitrogens is 4. The van der Waals surface area contributed by atoms with Gasteiger partial charge in [-0.15, -0.1) is 0 Å². The molecule has 0 aliphatic rings. The Morgan fingerprint density at radius 2 is 2.29 bits per heavy atom. The molecule has 17 heavy (non-hydrogen) atoms. The first-order chi connectivity index (χ1) is 8.26. The molecule has 6 nitrogen and oxygen atoms in total. The van der Waals surface area contributed by atoms with Crippen molar-refractivity contribution in [3.05, 3.63) is 23.2 Å². The number of aliphatic hydroxyl groups excluding tert-OH is 1. The normalized spacial score (nSPS) is 12.2. The van der Waals surface area contributed by atoms with Crippen LogP contribution in [-0.2, 0) is 6.54 Å². The molecule has 7 heteroatoms. The molecule has 0 fully saturated rings. The second-order valence-electron chi connectivity index (χ2n) is 3.54. The van der Waals surface area contributed by atoms with Gasteiger partial charge in [0.15, 0.2) is 11.5 Å². The van der Waals surface area contributed by atoms with E-state index in [1.54, 1.807) is 11.3 Å². The summed E-state index contributed by atoms with van der Waals surface area (Å²) in [7, 11) is 0. The van der Waals surface area contributed by atoms with Gasteiger partial charge in [0.25, 0.3) is 0 Å². The third-order valence-corrected chi connectivity index (χ3v) is 3.04. The highest BCUT2D eigenvalue weighted by molar-refractivity contribution is 9.11. The second kappa shape index (κ2) is 5.24. The van der Waals surface area contributed by atoms with Crippen LogP contribution in [0.3, 0.4) is 0 Å². The number of nitrogens with two attached hydrogens (primary N) is 1. The molecule has 0 spiro atoms. The third kappa shape index (κ3) is 2.45. The molecule has 0 aliphatic heterocycles. The summed E-state index contributed by atoms with van der Waals surface area (Å²) in [5.74, 6) is 0.375. The zero-order valence-electron chi connectivity index (χ0n) is 9.04. The Bertz CT molecular complexity index is 551. The van der Waals surface area contributed by atoms with Crippen molar-refractivity contribution in [2.75, 3.05) is 12.3 Å². The number of imidazole rings is 1. The van der Waals surface area contributed by atoms with Crippen LogP contribution < -0.4 is 5.73 Å². The van der Waals surface area contributed by atoms with E-state index in [9.17, 15) is 0 Å². The van der Waals surface area contributed by atoms with Crippen LogP contribution in [0.15, 0.2) is 23.2 Å². The lowest BCUT2D eigenvalue weighted by Crippen LogP contribution is -2.03. The Morgan fingerprint density at radius 1 is 1.47 bits per heavy atom. The van der Waals surface area contributed by atoms with Crippen LogP contribution in [0.25, 0.3) is 11.2 Å². The van der Waals surface area contributed by atoms with Gasteiger partial charge < -0.3 is 15.4 Å². The van der Waals surface area contributed by atoms with Crippen molar-refractivity contribution in [1.29, 1.82) is 0 Å². The lowest BCUT2D eigenvalue weighted by Gasteiger charge is -2.06. The lowest BCUT2D eigenvalue weighted by atomic mass is 10.2. The lowest BCUT2D eigenvalue weighted by molar-refractivity contribution is 0.297. The summed E-state index contributed by atoms with van der Waals surface area (Å²) < 4.78 is 1.87. The molecular formula is C10H12BrN5O. The maximum atomic E-state index is 8.92. The molecular weight excluding hydrogens is 286 g/mol. The number of nitrogen functional groups attached to an aromatic ring is 1. The fourth-order valence-electron chi connectivity index (χ4n) is 1.54. The Hall–Kier alpha value is -1.47. The van der Waals surface area contributed by atoms with E-state index in [0.29, 0.717) is 29.9 Å². The van der Waals surface area contributed by atoms with Gasteiger partial charge in [0.2, 0.25) is 0 Å². The SMILES string of the molecule is Nc1ncnc2c1ncn2C/C(=C/Br)CCO. The van der Waals surface area contributed by atoms with Gasteiger partial charge in [-0.2, -0.15) is 0 Å². The summed E-state index contributed by atoms with van der Waals surface area (Å²) in [6, 6.07) is 0. The monoisotopic (exact) mass is 297 g/mol. The Labute approximate surface area is 106 Å². The van der Waals surface area contributed by atoms with Crippen LogP contribution in [0, 0.1) is 0 Å². The van der Waals surface area contributed by atoms with Crippen LogP contribution in [-0.4, -0.2) is 31.2 Å². The molecule has 0 unspecified atom stereocenters. The van der Waals surface area contributed by atoms with E-state index in [4.69, 9.17) is 10.8 Å². The second-order valence-corrected chi connectivity index (χ2v) is 4.00. The minimum absolute atomic E-state index is 0.112. The highest BCUT2D eigenvalue weighted by Crippen LogP contribution is 2.16. The highest BCUT2D eigenvalue weighted by Gasteiger charge is 2.08. The van der Waals surface area contributed by atoms with Crippen molar-refractivity contribution in [2.24, 2.45) is 0 Å². The minimum Gasteiger partial charge on any atom is -0.396 e. The average Bonchev–Trinajstić information content (AvgIpc) is 2.73. The van der Waals surface area contributed by atoms with Gasteiger partial charge in [-0.3, -0.25) is 0 Å². The van der Waals surface area contributed by atoms with E-state index >= 15 is 0 Å². The molecule has 0 saturated heterocycles. The number of nitrogens with zero attached hydrogens (tertiary/aromatic N) is 4. The third-order valence-electron chi connectivity index (χ3n) is 2.39. The van der Waals surface area contributed by atoms with Gasteiger partial charge in [0, 0.05) is 13.2 Å². The number of rotatable bonds is 4. The van der Waals surface area contributed by atoms with Crippen molar-refractivity contribution >= 4 is 32.9 Å². The van der Waals surface area contributed by atoms with Crippen LogP contribution in [0.4, 0.5) is 5.82 Å². The summed E-state index contributed by atoms with van der Waals surface area (Å²) in [6.07, 6.45) is 3.69. The van der Waals surface area contributed by atoms with Gasteiger partial charge >= 0.3 is 0 Å². The predicted octanol–water partition coefficient (Wildman–Crippen LogP) is 1.07. The van der Waals surface area contributed by atoms with Crippen LogP contribution in [0.5, 0.6) is 0 Å². The summed E-state index contributed by atoms with van der Waals surface area (Å²) in [5.41, 5.74) is 8.04. The molecule has 0 bridgehead atoms. The Kier molecular flexibility index (Phi) is 3.70. The molecule has 0 aliphatic carbocycles. The van der Waals surface area contributed by atoms with Gasteiger partial charge in [-0.25, -0.2) is 15.0 Å². The molecule has 0 atom stereocenters. The standard InChI is InChI=1S/C10H12BrN5O/c11-3-7(1-2-17)4-16-6-15-8-9(12)13-5-14-10(8)16/h3,5-6,17H,1-2,4H2,(H2,12,13,14)/b7-3+. The summed E-state index contributed by atoms with van der Waals surface area (Å²) in [5, 5.41) is 8.92. The van der Waals surface area contributed by atoms with Crippen molar-refractivity contribution in [1.82, 2.24) is 19.5 Å². The van der Waals surface area contributed by atoms with Gasteiger partial charge in [0.1, 0.15) is 11.8 Å². The predicted molar refractivity (Wildman–Crippen MR) is 68.4 cm³/mol. The molecule has 0 aromatic carbocycles.